The standard InChI is InChI=1S/C14H19NO2/c1-9-5-4-6-11(12(9)16)13(17)15-8-10-7-14(10,2)3/h4-6,10,16H,7-8H2,1-3H3,(H,15,17). The summed E-state index contributed by atoms with van der Waals surface area (Å²) in [6.45, 7) is 6.89. The summed E-state index contributed by atoms with van der Waals surface area (Å²) in [5.74, 6) is 0.465. The molecule has 0 saturated heterocycles. The third kappa shape index (κ3) is 2.43. The number of aryl methyl sites for hydroxylation is 1. The summed E-state index contributed by atoms with van der Waals surface area (Å²) < 4.78 is 0. The van der Waals surface area contributed by atoms with Gasteiger partial charge in [0, 0.05) is 6.54 Å². The second kappa shape index (κ2) is 4.06. The first-order valence-corrected chi connectivity index (χ1v) is 5.98. The Morgan fingerprint density at radius 1 is 1.53 bits per heavy atom. The topological polar surface area (TPSA) is 49.3 Å². The molecule has 1 aromatic rings. The number of benzene rings is 1. The van der Waals surface area contributed by atoms with E-state index in [1.807, 2.05) is 0 Å². The predicted molar refractivity (Wildman–Crippen MR) is 67.1 cm³/mol. The van der Waals surface area contributed by atoms with Gasteiger partial charge in [0.05, 0.1) is 5.56 Å². The van der Waals surface area contributed by atoms with Gasteiger partial charge in [-0.1, -0.05) is 26.0 Å². The number of para-hydroxylation sites is 1. The van der Waals surface area contributed by atoms with Gasteiger partial charge in [0.2, 0.25) is 0 Å². The SMILES string of the molecule is Cc1cccc(C(=O)NCC2CC2(C)C)c1O. The van der Waals surface area contributed by atoms with Crippen LogP contribution in [-0.4, -0.2) is 17.6 Å². The first kappa shape index (κ1) is 12.0. The molecule has 1 fully saturated rings. The maximum atomic E-state index is 11.9. The molecule has 0 aromatic heterocycles. The molecule has 0 spiro atoms. The van der Waals surface area contributed by atoms with Gasteiger partial charge < -0.3 is 10.4 Å². The van der Waals surface area contributed by atoms with Crippen molar-refractivity contribution in [1.82, 2.24) is 5.32 Å². The lowest BCUT2D eigenvalue weighted by Crippen LogP contribution is -2.26. The van der Waals surface area contributed by atoms with Crippen molar-refractivity contribution >= 4 is 5.91 Å². The van der Waals surface area contributed by atoms with Gasteiger partial charge in [-0.25, -0.2) is 0 Å². The maximum Gasteiger partial charge on any atom is 0.255 e. The van der Waals surface area contributed by atoms with Crippen molar-refractivity contribution in [3.63, 3.8) is 0 Å². The minimum Gasteiger partial charge on any atom is -0.507 e. The number of phenolic OH excluding ortho intramolecular Hbond substituents is 1. The Kier molecular flexibility index (Phi) is 2.86. The highest BCUT2D eigenvalue weighted by Crippen LogP contribution is 2.51. The highest BCUT2D eigenvalue weighted by Gasteiger charge is 2.45. The fourth-order valence-electron chi connectivity index (χ4n) is 2.08. The van der Waals surface area contributed by atoms with Crippen LogP contribution in [0, 0.1) is 18.3 Å². The molecule has 17 heavy (non-hydrogen) atoms. The third-order valence-electron chi connectivity index (χ3n) is 3.71. The summed E-state index contributed by atoms with van der Waals surface area (Å²) in [6, 6.07) is 5.22. The van der Waals surface area contributed by atoms with Crippen molar-refractivity contribution in [3.8, 4) is 5.75 Å². The van der Waals surface area contributed by atoms with Crippen LogP contribution in [0.15, 0.2) is 18.2 Å². The van der Waals surface area contributed by atoms with E-state index in [4.69, 9.17) is 0 Å². The number of carbonyl (C=O) groups excluding carboxylic acids is 1. The van der Waals surface area contributed by atoms with Crippen LogP contribution in [0.1, 0.15) is 36.2 Å². The van der Waals surface area contributed by atoms with Crippen LogP contribution in [-0.2, 0) is 0 Å². The van der Waals surface area contributed by atoms with Crippen LogP contribution in [0.3, 0.4) is 0 Å². The molecule has 0 aliphatic heterocycles. The molecular formula is C14H19NO2. The zero-order valence-electron chi connectivity index (χ0n) is 10.6. The second-order valence-electron chi connectivity index (χ2n) is 5.57. The molecule has 2 N–H and O–H groups in total. The molecule has 1 atom stereocenters. The van der Waals surface area contributed by atoms with E-state index in [1.165, 1.54) is 0 Å². The fraction of sp³-hybridized carbons (Fsp3) is 0.500. The zero-order valence-corrected chi connectivity index (χ0v) is 10.6. The Morgan fingerprint density at radius 3 is 2.76 bits per heavy atom. The zero-order chi connectivity index (χ0) is 12.6. The van der Waals surface area contributed by atoms with Gasteiger partial charge in [-0.2, -0.15) is 0 Å². The van der Waals surface area contributed by atoms with E-state index in [2.05, 4.69) is 19.2 Å². The van der Waals surface area contributed by atoms with Crippen LogP contribution in [0.25, 0.3) is 0 Å². The Morgan fingerprint density at radius 2 is 2.18 bits per heavy atom. The lowest BCUT2D eigenvalue weighted by atomic mass is 10.1. The van der Waals surface area contributed by atoms with Crippen LogP contribution >= 0.6 is 0 Å². The van der Waals surface area contributed by atoms with Crippen LogP contribution in [0.5, 0.6) is 5.75 Å². The first-order chi connectivity index (χ1) is 7.92. The summed E-state index contributed by atoms with van der Waals surface area (Å²) in [4.78, 5) is 11.9. The van der Waals surface area contributed by atoms with E-state index in [-0.39, 0.29) is 11.7 Å². The number of nitrogens with one attached hydrogen (secondary N) is 1. The molecule has 1 aliphatic rings. The van der Waals surface area contributed by atoms with Crippen molar-refractivity contribution < 1.29 is 9.90 Å². The van der Waals surface area contributed by atoms with Crippen LogP contribution < -0.4 is 5.32 Å². The molecule has 1 aliphatic carbocycles. The van der Waals surface area contributed by atoms with Gasteiger partial charge in [0.1, 0.15) is 5.75 Å². The molecule has 0 heterocycles. The van der Waals surface area contributed by atoms with Gasteiger partial charge in [-0.15, -0.1) is 0 Å². The Bertz CT molecular complexity index is 452. The lowest BCUT2D eigenvalue weighted by Gasteiger charge is -2.09. The smallest absolute Gasteiger partial charge is 0.255 e. The summed E-state index contributed by atoms with van der Waals surface area (Å²) in [5, 5.41) is 12.7. The fourth-order valence-corrected chi connectivity index (χ4v) is 2.08. The van der Waals surface area contributed by atoms with Gasteiger partial charge in [-0.3, -0.25) is 4.79 Å². The normalized spacial score (nSPS) is 21.0. The molecule has 1 unspecified atom stereocenters. The second-order valence-corrected chi connectivity index (χ2v) is 5.57. The van der Waals surface area contributed by atoms with Crippen molar-refractivity contribution in [1.29, 1.82) is 0 Å². The summed E-state index contributed by atoms with van der Waals surface area (Å²) >= 11 is 0. The maximum absolute atomic E-state index is 11.9. The Labute approximate surface area is 102 Å². The first-order valence-electron chi connectivity index (χ1n) is 5.98. The number of hydrogen-bond donors (Lipinski definition) is 2. The van der Waals surface area contributed by atoms with Gasteiger partial charge in [0.15, 0.2) is 0 Å². The van der Waals surface area contributed by atoms with Crippen molar-refractivity contribution in [2.75, 3.05) is 6.54 Å². The number of phenols is 1. The third-order valence-corrected chi connectivity index (χ3v) is 3.71. The number of hydrogen-bond acceptors (Lipinski definition) is 2. The lowest BCUT2D eigenvalue weighted by molar-refractivity contribution is 0.0948. The highest BCUT2D eigenvalue weighted by atomic mass is 16.3. The molecule has 0 bridgehead atoms. The van der Waals surface area contributed by atoms with E-state index in [0.29, 0.717) is 23.4 Å². The van der Waals surface area contributed by atoms with E-state index in [1.54, 1.807) is 25.1 Å². The van der Waals surface area contributed by atoms with Crippen molar-refractivity contribution in [3.05, 3.63) is 29.3 Å². The van der Waals surface area contributed by atoms with E-state index in [0.717, 1.165) is 12.0 Å². The van der Waals surface area contributed by atoms with Crippen LogP contribution in [0.4, 0.5) is 0 Å². The average molecular weight is 233 g/mol. The molecule has 2 rings (SSSR count). The molecule has 92 valence electrons. The highest BCUT2D eigenvalue weighted by molar-refractivity contribution is 5.97. The molecule has 3 nitrogen and oxygen atoms in total. The number of amides is 1. The molecule has 1 aromatic carbocycles. The quantitative estimate of drug-likeness (QED) is 0.842. The molecule has 1 saturated carbocycles. The van der Waals surface area contributed by atoms with E-state index < -0.39 is 0 Å². The number of carbonyl (C=O) groups is 1. The minimum absolute atomic E-state index is 0.0834. The molecule has 1 amide bonds. The van der Waals surface area contributed by atoms with Crippen LogP contribution in [0.2, 0.25) is 0 Å². The van der Waals surface area contributed by atoms with Gasteiger partial charge >= 0.3 is 0 Å². The average Bonchev–Trinajstić information content (AvgIpc) is 2.87. The van der Waals surface area contributed by atoms with E-state index >= 15 is 0 Å². The molecule has 0 radical (unpaired) electrons. The van der Waals surface area contributed by atoms with Crippen molar-refractivity contribution in [2.45, 2.75) is 27.2 Å². The Balaban J connectivity index is 1.98. The predicted octanol–water partition coefficient (Wildman–Crippen LogP) is 2.48. The largest absolute Gasteiger partial charge is 0.507 e. The molecule has 3 heteroatoms. The number of aromatic hydroxyl groups is 1. The molecular weight excluding hydrogens is 214 g/mol. The summed E-state index contributed by atoms with van der Waals surface area (Å²) in [7, 11) is 0. The minimum atomic E-state index is -0.186. The summed E-state index contributed by atoms with van der Waals surface area (Å²) in [5.41, 5.74) is 1.45. The Hall–Kier alpha value is -1.51. The number of rotatable bonds is 3. The van der Waals surface area contributed by atoms with Crippen molar-refractivity contribution in [2.24, 2.45) is 11.3 Å². The summed E-state index contributed by atoms with van der Waals surface area (Å²) in [6.07, 6.45) is 1.16. The van der Waals surface area contributed by atoms with Gasteiger partial charge in [0.25, 0.3) is 5.91 Å². The van der Waals surface area contributed by atoms with E-state index in [9.17, 15) is 9.90 Å². The van der Waals surface area contributed by atoms with Gasteiger partial charge in [-0.05, 0) is 36.3 Å². The monoisotopic (exact) mass is 233 g/mol.